The van der Waals surface area contributed by atoms with Crippen molar-refractivity contribution in [1.82, 2.24) is 9.97 Å². The molecule has 2 nitrogen and oxygen atoms in total. The molecular weight excluding hydrogens is 617 g/mol. The number of rotatable bonds is 4. The Morgan fingerprint density at radius 2 is 1.22 bits per heavy atom. The van der Waals surface area contributed by atoms with E-state index in [2.05, 4.69) is 158 Å². The number of benzene rings is 6. The molecule has 6 aromatic carbocycles. The Kier molecular flexibility index (Phi) is 6.89. The molecule has 0 saturated heterocycles. The van der Waals surface area contributed by atoms with Crippen LogP contribution in [0.3, 0.4) is 0 Å². The molecule has 2 heteroatoms. The molecule has 0 saturated carbocycles. The van der Waals surface area contributed by atoms with Crippen LogP contribution in [0.1, 0.15) is 12.5 Å². The van der Waals surface area contributed by atoms with Crippen LogP contribution < -0.4 is 0 Å². The summed E-state index contributed by atoms with van der Waals surface area (Å²) >= 11 is 0. The van der Waals surface area contributed by atoms with Gasteiger partial charge < -0.3 is 0 Å². The van der Waals surface area contributed by atoms with Crippen molar-refractivity contribution in [3.63, 3.8) is 0 Å². The summed E-state index contributed by atoms with van der Waals surface area (Å²) in [5, 5.41) is 8.65. The molecular formula is C49H34N2. The van der Waals surface area contributed by atoms with E-state index in [9.17, 15) is 0 Å². The highest BCUT2D eigenvalue weighted by Gasteiger charge is 2.25. The molecule has 2 aliphatic carbocycles. The normalized spacial score (nSPS) is 16.8. The molecule has 0 spiro atoms. The van der Waals surface area contributed by atoms with Crippen LogP contribution in [0.15, 0.2) is 182 Å². The summed E-state index contributed by atoms with van der Waals surface area (Å²) in [6.07, 6.45) is 17.8. The topological polar surface area (TPSA) is 25.8 Å². The van der Waals surface area contributed by atoms with Gasteiger partial charge in [-0.25, -0.2) is 0 Å². The number of hydrogen-bond donors (Lipinski definition) is 0. The second-order valence-corrected chi connectivity index (χ2v) is 13.9. The Bertz CT molecular complexity index is 2810. The van der Waals surface area contributed by atoms with Crippen LogP contribution in [-0.2, 0) is 0 Å². The summed E-state index contributed by atoms with van der Waals surface area (Å²) in [5.74, 6) is 0.817. The van der Waals surface area contributed by atoms with Crippen molar-refractivity contribution >= 4 is 48.8 Å². The van der Waals surface area contributed by atoms with Gasteiger partial charge in [-0.3, -0.25) is 9.97 Å². The third-order valence-electron chi connectivity index (χ3n) is 10.8. The van der Waals surface area contributed by atoms with Gasteiger partial charge in [0.05, 0.1) is 11.2 Å². The van der Waals surface area contributed by atoms with Crippen LogP contribution in [-0.4, -0.2) is 9.97 Å². The van der Waals surface area contributed by atoms with Crippen LogP contribution in [0.2, 0.25) is 0 Å². The van der Waals surface area contributed by atoms with Gasteiger partial charge in [0, 0.05) is 34.8 Å². The number of pyridine rings is 2. The van der Waals surface area contributed by atoms with E-state index >= 15 is 0 Å². The quantitative estimate of drug-likeness (QED) is 0.177. The molecule has 2 aliphatic rings. The lowest BCUT2D eigenvalue weighted by atomic mass is 9.76. The maximum absolute atomic E-state index is 4.95. The van der Waals surface area contributed by atoms with Crippen molar-refractivity contribution in [2.75, 3.05) is 0 Å². The first-order valence-electron chi connectivity index (χ1n) is 17.8. The molecule has 0 N–H and O–H groups in total. The molecule has 0 aliphatic heterocycles. The maximum Gasteiger partial charge on any atom is 0.0718 e. The first kappa shape index (κ1) is 29.5. The Morgan fingerprint density at radius 1 is 0.510 bits per heavy atom. The van der Waals surface area contributed by atoms with Crippen LogP contribution in [0.25, 0.3) is 82.3 Å². The standard InChI is InChI=1S/C49H34N2/c1-31-24-39(26-35-12-4-6-14-41(31)35)49-43-16-8-7-15-42(43)48(37-19-18-32-10-2-3-11-33(32)25-37)45-28-34(20-22-44(45)49)38-21-23-47(50-29-38)40-27-36-13-5-9-17-46(36)51-30-40/h2-31,41H,1H3/t31-,41?/m1/s1. The molecule has 240 valence electrons. The van der Waals surface area contributed by atoms with E-state index in [-0.39, 0.29) is 0 Å². The number of para-hydroxylation sites is 1. The number of fused-ring (bicyclic) bond motifs is 5. The van der Waals surface area contributed by atoms with E-state index < -0.39 is 0 Å². The average molecular weight is 651 g/mol. The Morgan fingerprint density at radius 3 is 2.08 bits per heavy atom. The van der Waals surface area contributed by atoms with E-state index in [0.717, 1.165) is 33.3 Å². The summed E-state index contributed by atoms with van der Waals surface area (Å²) < 4.78 is 0. The third-order valence-corrected chi connectivity index (χ3v) is 10.8. The van der Waals surface area contributed by atoms with Gasteiger partial charge in [0.2, 0.25) is 0 Å². The van der Waals surface area contributed by atoms with Crippen molar-refractivity contribution in [3.05, 3.63) is 187 Å². The van der Waals surface area contributed by atoms with E-state index in [4.69, 9.17) is 4.98 Å². The third kappa shape index (κ3) is 5.03. The Labute approximate surface area is 297 Å². The van der Waals surface area contributed by atoms with Gasteiger partial charge in [0.15, 0.2) is 0 Å². The number of nitrogens with zero attached hydrogens (tertiary/aromatic N) is 2. The Balaban J connectivity index is 1.19. The smallest absolute Gasteiger partial charge is 0.0718 e. The predicted molar refractivity (Wildman–Crippen MR) is 215 cm³/mol. The van der Waals surface area contributed by atoms with Crippen molar-refractivity contribution in [2.24, 2.45) is 11.8 Å². The van der Waals surface area contributed by atoms with E-state index in [1.165, 1.54) is 60.2 Å². The number of aromatic nitrogens is 2. The molecule has 51 heavy (non-hydrogen) atoms. The molecule has 2 aromatic heterocycles. The molecule has 0 amide bonds. The maximum atomic E-state index is 4.95. The first-order valence-corrected chi connectivity index (χ1v) is 17.8. The van der Waals surface area contributed by atoms with E-state index in [1.54, 1.807) is 0 Å². The fourth-order valence-corrected chi connectivity index (χ4v) is 8.24. The molecule has 10 rings (SSSR count). The second kappa shape index (κ2) is 11.9. The highest BCUT2D eigenvalue weighted by Crippen LogP contribution is 2.46. The van der Waals surface area contributed by atoms with Crippen LogP contribution in [0.5, 0.6) is 0 Å². The summed E-state index contributed by atoms with van der Waals surface area (Å²) in [4.78, 5) is 9.62. The van der Waals surface area contributed by atoms with Crippen molar-refractivity contribution < 1.29 is 0 Å². The summed E-state index contributed by atoms with van der Waals surface area (Å²) in [7, 11) is 0. The highest BCUT2D eigenvalue weighted by molar-refractivity contribution is 6.20. The largest absolute Gasteiger partial charge is 0.256 e. The monoisotopic (exact) mass is 650 g/mol. The fourth-order valence-electron chi connectivity index (χ4n) is 8.24. The zero-order chi connectivity index (χ0) is 33.9. The summed E-state index contributed by atoms with van der Waals surface area (Å²) in [5.41, 5.74) is 11.6. The fraction of sp³-hybridized carbons (Fsp3) is 0.0612. The van der Waals surface area contributed by atoms with Crippen molar-refractivity contribution in [1.29, 1.82) is 0 Å². The highest BCUT2D eigenvalue weighted by atomic mass is 14.7. The molecule has 8 aromatic rings. The lowest BCUT2D eigenvalue weighted by Crippen LogP contribution is -2.15. The van der Waals surface area contributed by atoms with Gasteiger partial charge >= 0.3 is 0 Å². The van der Waals surface area contributed by atoms with E-state index in [0.29, 0.717) is 11.8 Å². The number of allylic oxidation sites excluding steroid dienone is 8. The Hall–Kier alpha value is -6.38. The van der Waals surface area contributed by atoms with Gasteiger partial charge in [0.25, 0.3) is 0 Å². The van der Waals surface area contributed by atoms with Gasteiger partial charge in [-0.15, -0.1) is 0 Å². The van der Waals surface area contributed by atoms with Gasteiger partial charge in [-0.2, -0.15) is 0 Å². The van der Waals surface area contributed by atoms with Gasteiger partial charge in [0.1, 0.15) is 0 Å². The predicted octanol–water partition coefficient (Wildman–Crippen LogP) is 12.8. The second-order valence-electron chi connectivity index (χ2n) is 13.9. The van der Waals surface area contributed by atoms with E-state index in [1.807, 2.05) is 30.6 Å². The van der Waals surface area contributed by atoms with Gasteiger partial charge in [-0.05, 0) is 102 Å². The minimum absolute atomic E-state index is 0.400. The molecule has 1 unspecified atom stereocenters. The molecule has 2 heterocycles. The lowest BCUT2D eigenvalue weighted by molar-refractivity contribution is 0.585. The van der Waals surface area contributed by atoms with Crippen LogP contribution in [0.4, 0.5) is 0 Å². The molecule has 0 bridgehead atoms. The zero-order valence-corrected chi connectivity index (χ0v) is 28.3. The van der Waals surface area contributed by atoms with Crippen molar-refractivity contribution in [3.8, 4) is 33.5 Å². The van der Waals surface area contributed by atoms with Crippen LogP contribution in [0, 0.1) is 11.8 Å². The number of hydrogen-bond acceptors (Lipinski definition) is 2. The first-order chi connectivity index (χ1) is 25.2. The molecule has 0 radical (unpaired) electrons. The lowest BCUT2D eigenvalue weighted by Gasteiger charge is -2.28. The van der Waals surface area contributed by atoms with Crippen molar-refractivity contribution in [2.45, 2.75) is 6.92 Å². The minimum atomic E-state index is 0.400. The van der Waals surface area contributed by atoms with Crippen LogP contribution >= 0.6 is 0 Å². The SMILES string of the molecule is C[C@@H]1C=C(c2c3ccccc3c(-c3ccc4ccccc4c3)c3cc(-c4ccc(-c5cnc6ccccc6c5)nc4)ccc23)C=C2C=CC=CC21. The summed E-state index contributed by atoms with van der Waals surface area (Å²) in [6, 6.07) is 46.2. The minimum Gasteiger partial charge on any atom is -0.256 e. The molecule has 2 atom stereocenters. The van der Waals surface area contributed by atoms with Gasteiger partial charge in [-0.1, -0.05) is 140 Å². The molecule has 0 fully saturated rings. The zero-order valence-electron chi connectivity index (χ0n) is 28.3. The summed E-state index contributed by atoms with van der Waals surface area (Å²) in [6.45, 7) is 2.34. The average Bonchev–Trinajstić information content (AvgIpc) is 3.19.